The number of rotatable bonds is 12. The first kappa shape index (κ1) is 42.1. The van der Waals surface area contributed by atoms with E-state index in [0.717, 1.165) is 16.8 Å². The van der Waals surface area contributed by atoms with E-state index in [1.54, 1.807) is 0 Å². The molecule has 2 fully saturated rings. The summed E-state index contributed by atoms with van der Waals surface area (Å²) < 4.78 is 71.5. The first-order valence-electron chi connectivity index (χ1n) is 13.0. The van der Waals surface area contributed by atoms with Gasteiger partial charge in [0.2, 0.25) is 0 Å². The van der Waals surface area contributed by atoms with Gasteiger partial charge in [0, 0.05) is 18.5 Å². The van der Waals surface area contributed by atoms with Crippen molar-refractivity contribution in [1.29, 1.82) is 0 Å². The summed E-state index contributed by atoms with van der Waals surface area (Å²) in [4.78, 5) is 92.2. The number of nitrogens with two attached hydrogens (primary N) is 1. The number of H-pyrrole nitrogens is 1. The molecule has 0 radical (unpaired) electrons. The largest absolute Gasteiger partial charge is 0.490 e. The number of aliphatic hydroxyl groups is 4. The van der Waals surface area contributed by atoms with Crippen LogP contribution in [0, 0.1) is 0 Å². The molecule has 2 aromatic heterocycles. The Morgan fingerprint density at radius 1 is 0.720 bits per heavy atom. The highest BCUT2D eigenvalue weighted by atomic mass is 31.3. The van der Waals surface area contributed by atoms with Crippen molar-refractivity contribution in [3.63, 3.8) is 0 Å². The Balaban J connectivity index is 0.000000284. The Morgan fingerprint density at radius 3 is 1.70 bits per heavy atom. The van der Waals surface area contributed by atoms with Gasteiger partial charge in [-0.15, -0.1) is 0 Å². The van der Waals surface area contributed by atoms with Crippen LogP contribution < -0.4 is 22.7 Å². The van der Waals surface area contributed by atoms with Gasteiger partial charge < -0.3 is 65.0 Å². The van der Waals surface area contributed by atoms with Crippen LogP contribution in [-0.2, 0) is 45.4 Å². The van der Waals surface area contributed by atoms with E-state index < -0.39 is 111 Å². The number of phosphoric ester groups is 2. The lowest BCUT2D eigenvalue weighted by atomic mass is 10.1. The van der Waals surface area contributed by atoms with Crippen LogP contribution in [0.25, 0.3) is 0 Å². The summed E-state index contributed by atoms with van der Waals surface area (Å²) in [7, 11) is -21.5. The highest BCUT2D eigenvalue weighted by Gasteiger charge is 2.47. The predicted molar refractivity (Wildman–Crippen MR) is 154 cm³/mol. The second-order valence-corrected chi connectivity index (χ2v) is 15.5. The molecular formula is C18H29N5O23P4. The molecule has 4 rings (SSSR count). The van der Waals surface area contributed by atoms with Crippen molar-refractivity contribution in [2.24, 2.45) is 0 Å². The fourth-order valence-electron chi connectivity index (χ4n) is 4.08. The number of hydrogen-bond donors (Lipinski definition) is 12. The van der Waals surface area contributed by atoms with Crippen LogP contribution in [0.2, 0.25) is 0 Å². The zero-order chi connectivity index (χ0) is 38.0. The molecular weight excluding hydrogens is 778 g/mol. The molecule has 2 unspecified atom stereocenters. The van der Waals surface area contributed by atoms with Crippen molar-refractivity contribution in [1.82, 2.24) is 19.1 Å². The van der Waals surface area contributed by atoms with Crippen molar-refractivity contribution in [2.75, 3.05) is 18.9 Å². The van der Waals surface area contributed by atoms with E-state index in [1.165, 1.54) is 12.3 Å². The van der Waals surface area contributed by atoms with Gasteiger partial charge in [0.1, 0.15) is 42.4 Å². The van der Waals surface area contributed by atoms with Crippen LogP contribution in [-0.4, -0.2) is 119 Å². The standard InChI is InChI=1S/C9H14N3O8P.C9H15N2O15P3/c10-5-1-2-12(9(15)11-5)8-7(14)6(13)4(20-8)3-19-21(16,17)18;12-5-1-2-11(9(15)10-5)8-7(14)6(13)4(24-8)3-23-28(19,20)26-29(21,22)25-27(16,17)18/h1-2,4,6-8,13-14H,3H2,(H2,10,11,15)(H2,16,17,18);1-2,4,6-8,13-14H,3H2,(H,19,20)(H,21,22)(H,10,12,15)(H2,16,17,18)/t2*4-,6-,7-,8-/m11/s1. The lowest BCUT2D eigenvalue weighted by Crippen LogP contribution is -2.37. The molecule has 0 aliphatic carbocycles. The molecule has 2 aliphatic rings. The van der Waals surface area contributed by atoms with Gasteiger partial charge in [-0.3, -0.25) is 28.0 Å². The zero-order valence-electron chi connectivity index (χ0n) is 24.3. The van der Waals surface area contributed by atoms with E-state index in [2.05, 4.69) is 22.7 Å². The molecule has 0 spiro atoms. The number of nitrogen functional groups attached to an aromatic ring is 1. The Kier molecular flexibility index (Phi) is 13.6. The van der Waals surface area contributed by atoms with Crippen molar-refractivity contribution < 1.29 is 95.2 Å². The molecule has 0 amide bonds. The molecule has 13 N–H and O–H groups in total. The first-order valence-corrected chi connectivity index (χ1v) is 19.0. The molecule has 32 heteroatoms. The summed E-state index contributed by atoms with van der Waals surface area (Å²) in [6.45, 7) is -1.70. The number of hydrogen-bond acceptors (Lipinski definition) is 19. The lowest BCUT2D eigenvalue weighted by molar-refractivity contribution is -0.0542. The fourth-order valence-corrected chi connectivity index (χ4v) is 7.45. The van der Waals surface area contributed by atoms with Crippen LogP contribution in [0.1, 0.15) is 12.5 Å². The minimum Gasteiger partial charge on any atom is -0.387 e. The third-order valence-corrected chi connectivity index (χ3v) is 10.4. The van der Waals surface area contributed by atoms with Gasteiger partial charge in [-0.1, -0.05) is 0 Å². The maximum absolute atomic E-state index is 11.7. The number of nitrogens with one attached hydrogen (secondary N) is 1. The van der Waals surface area contributed by atoms with E-state index in [9.17, 15) is 58.0 Å². The fraction of sp³-hybridized carbons (Fsp3) is 0.556. The SMILES string of the molecule is Nc1ccn([C@@H]2O[C@H](COP(=O)(O)O)[C@@H](O)[C@H]2O)c(=O)n1.O=c1ccn([C@@H]2O[C@H](COP(=O)(O)OP(=O)(O)OP(=O)(O)O)[C@@H](O)[C@H]2O)c(=O)[nH]1. The van der Waals surface area contributed by atoms with E-state index in [1.807, 2.05) is 4.98 Å². The summed E-state index contributed by atoms with van der Waals surface area (Å²) in [5.74, 6) is -0.0225. The Hall–Kier alpha value is -2.36. The van der Waals surface area contributed by atoms with Crippen LogP contribution in [0.5, 0.6) is 0 Å². The molecule has 284 valence electrons. The third-order valence-electron chi connectivity index (χ3n) is 6.15. The average Bonchev–Trinajstić information content (AvgIpc) is 3.38. The van der Waals surface area contributed by atoms with Crippen molar-refractivity contribution in [3.05, 3.63) is 55.8 Å². The smallest absolute Gasteiger partial charge is 0.387 e. The number of nitrogens with zero attached hydrogens (tertiary/aromatic N) is 3. The van der Waals surface area contributed by atoms with Gasteiger partial charge in [0.05, 0.1) is 13.2 Å². The lowest BCUT2D eigenvalue weighted by Gasteiger charge is -2.19. The monoisotopic (exact) mass is 807 g/mol. The van der Waals surface area contributed by atoms with Gasteiger partial charge in [-0.25, -0.2) is 27.8 Å². The molecule has 0 saturated carbocycles. The van der Waals surface area contributed by atoms with Gasteiger partial charge in [-0.2, -0.15) is 13.6 Å². The summed E-state index contributed by atoms with van der Waals surface area (Å²) in [5.41, 5.74) is 2.78. The van der Waals surface area contributed by atoms with Crippen LogP contribution in [0.15, 0.2) is 38.9 Å². The Labute approximate surface area is 275 Å². The van der Waals surface area contributed by atoms with Gasteiger partial charge >= 0.3 is 42.7 Å². The quantitative estimate of drug-likeness (QED) is 0.0894. The summed E-state index contributed by atoms with van der Waals surface area (Å²) in [5, 5.41) is 39.5. The van der Waals surface area contributed by atoms with E-state index in [0.29, 0.717) is 4.57 Å². The van der Waals surface area contributed by atoms with Gasteiger partial charge in [0.25, 0.3) is 5.56 Å². The molecule has 28 nitrogen and oxygen atoms in total. The number of aromatic nitrogens is 4. The summed E-state index contributed by atoms with van der Waals surface area (Å²) >= 11 is 0. The topological polar surface area (TPSA) is 442 Å². The van der Waals surface area contributed by atoms with Gasteiger partial charge in [-0.05, 0) is 6.07 Å². The Bertz CT molecular complexity index is 1870. The second-order valence-electron chi connectivity index (χ2n) is 9.83. The molecule has 2 aromatic rings. The number of anilines is 1. The van der Waals surface area contributed by atoms with E-state index in [-0.39, 0.29) is 5.82 Å². The minimum absolute atomic E-state index is 0.0225. The van der Waals surface area contributed by atoms with E-state index in [4.69, 9.17) is 39.7 Å². The van der Waals surface area contributed by atoms with E-state index >= 15 is 0 Å². The highest BCUT2D eigenvalue weighted by molar-refractivity contribution is 7.66. The van der Waals surface area contributed by atoms with Crippen LogP contribution >= 0.6 is 31.3 Å². The second kappa shape index (κ2) is 16.1. The van der Waals surface area contributed by atoms with Crippen molar-refractivity contribution in [2.45, 2.75) is 49.1 Å². The molecule has 10 atom stereocenters. The van der Waals surface area contributed by atoms with Crippen LogP contribution in [0.4, 0.5) is 5.82 Å². The maximum atomic E-state index is 11.7. The molecule has 2 aliphatic heterocycles. The molecule has 0 bridgehead atoms. The predicted octanol–water partition coefficient (Wildman–Crippen LogP) is -4.95. The molecule has 0 aromatic carbocycles. The third kappa shape index (κ3) is 11.8. The minimum atomic E-state index is -5.73. The normalized spacial score (nSPS) is 29.5. The number of aromatic amines is 1. The zero-order valence-corrected chi connectivity index (χ0v) is 27.9. The van der Waals surface area contributed by atoms with Crippen molar-refractivity contribution in [3.8, 4) is 0 Å². The molecule has 4 heterocycles. The Morgan fingerprint density at radius 2 is 1.22 bits per heavy atom. The average molecular weight is 807 g/mol. The molecule has 2 saturated heterocycles. The van der Waals surface area contributed by atoms with Crippen LogP contribution in [0.3, 0.4) is 0 Å². The highest BCUT2D eigenvalue weighted by Crippen LogP contribution is 2.66. The first-order chi connectivity index (χ1) is 22.8. The molecule has 50 heavy (non-hydrogen) atoms. The number of ether oxygens (including phenoxy) is 2. The number of aliphatic hydroxyl groups excluding tert-OH is 4. The number of phosphoric acid groups is 4. The maximum Gasteiger partial charge on any atom is 0.490 e. The summed E-state index contributed by atoms with van der Waals surface area (Å²) in [6.07, 6.45) is -9.97. The van der Waals surface area contributed by atoms with Gasteiger partial charge in [0.15, 0.2) is 12.5 Å². The van der Waals surface area contributed by atoms with Crippen molar-refractivity contribution >= 4 is 37.1 Å². The summed E-state index contributed by atoms with van der Waals surface area (Å²) in [6, 6.07) is 2.21.